The zero-order valence-electron chi connectivity index (χ0n) is 15.8. The molecular weight excluding hydrogens is 360 g/mol. The molecule has 0 bridgehead atoms. The van der Waals surface area contributed by atoms with E-state index in [1.165, 1.54) is 0 Å². The molecule has 0 unspecified atom stereocenters. The number of rotatable bonds is 4. The van der Waals surface area contributed by atoms with E-state index in [0.29, 0.717) is 36.4 Å². The summed E-state index contributed by atoms with van der Waals surface area (Å²) in [6.45, 7) is 4.73. The van der Waals surface area contributed by atoms with Crippen LogP contribution >= 0.6 is 0 Å². The third-order valence-electron chi connectivity index (χ3n) is 5.20. The van der Waals surface area contributed by atoms with Crippen LogP contribution in [0.2, 0.25) is 0 Å². The maximum Gasteiger partial charge on any atom is 0.253 e. The number of hydrogen-bond acceptors (Lipinski definition) is 4. The molecule has 27 heavy (non-hydrogen) atoms. The largest absolute Gasteiger partial charge is 0.339 e. The highest BCUT2D eigenvalue weighted by atomic mass is 32.2. The van der Waals surface area contributed by atoms with Crippen LogP contribution in [0.5, 0.6) is 0 Å². The van der Waals surface area contributed by atoms with Gasteiger partial charge in [0.25, 0.3) is 5.91 Å². The molecule has 1 atom stereocenters. The predicted octanol–water partition coefficient (Wildman–Crippen LogP) is 3.09. The number of carbonyl (C=O) groups excluding carboxylic acids is 1. The molecule has 1 aliphatic heterocycles. The van der Waals surface area contributed by atoms with Gasteiger partial charge in [0, 0.05) is 24.7 Å². The maximum atomic E-state index is 12.8. The van der Waals surface area contributed by atoms with Gasteiger partial charge in [-0.1, -0.05) is 29.8 Å². The fraction of sp³-hybridized carbons (Fsp3) is 0.381. The number of nitrogens with zero attached hydrogens (tertiary/aromatic N) is 1. The van der Waals surface area contributed by atoms with Crippen LogP contribution in [0.4, 0.5) is 0 Å². The van der Waals surface area contributed by atoms with Gasteiger partial charge < -0.3 is 10.6 Å². The Bertz CT molecular complexity index is 895. The van der Waals surface area contributed by atoms with Crippen molar-refractivity contribution in [2.45, 2.75) is 42.9 Å². The molecule has 1 aliphatic rings. The fourth-order valence-electron chi connectivity index (χ4n) is 3.40. The minimum Gasteiger partial charge on any atom is -0.339 e. The lowest BCUT2D eigenvalue weighted by molar-refractivity contribution is 0.0725. The fourth-order valence-corrected chi connectivity index (χ4v) is 5.13. The lowest BCUT2D eigenvalue weighted by Crippen LogP contribution is -2.42. The van der Waals surface area contributed by atoms with E-state index in [1.54, 1.807) is 29.2 Å². The number of hydrogen-bond donors (Lipinski definition) is 1. The molecule has 1 amide bonds. The van der Waals surface area contributed by atoms with E-state index in [-0.39, 0.29) is 11.9 Å². The second-order valence-electron chi connectivity index (χ2n) is 7.26. The molecule has 0 saturated carbocycles. The lowest BCUT2D eigenvalue weighted by Gasteiger charge is -2.32. The Morgan fingerprint density at radius 3 is 2.11 bits per heavy atom. The number of likely N-dealkylation sites (tertiary alicyclic amines) is 1. The van der Waals surface area contributed by atoms with Crippen LogP contribution in [0.25, 0.3) is 0 Å². The number of nitrogens with two attached hydrogens (primary N) is 1. The van der Waals surface area contributed by atoms with Crippen LogP contribution in [0.1, 0.15) is 47.3 Å². The van der Waals surface area contributed by atoms with Crippen LogP contribution in [0.15, 0.2) is 53.4 Å². The standard InChI is InChI=1S/C21H26N2O3S/c1-15-3-9-19(10-4-15)27(25,26)20-11-13-23(14-12-20)21(24)18-7-5-17(6-8-18)16(2)22/h3-10,16,20H,11-14,22H2,1-2H3/t16-/m1/s1. The number of carbonyl (C=O) groups is 1. The molecule has 2 aromatic rings. The van der Waals surface area contributed by atoms with Crippen molar-refractivity contribution in [1.29, 1.82) is 0 Å². The number of benzene rings is 2. The Morgan fingerprint density at radius 1 is 1.04 bits per heavy atom. The summed E-state index contributed by atoms with van der Waals surface area (Å²) < 4.78 is 25.7. The molecule has 1 saturated heterocycles. The van der Waals surface area contributed by atoms with Crippen molar-refractivity contribution in [3.63, 3.8) is 0 Å². The first kappa shape index (κ1) is 19.6. The summed E-state index contributed by atoms with van der Waals surface area (Å²) in [6.07, 6.45) is 0.916. The zero-order valence-corrected chi connectivity index (χ0v) is 16.6. The van der Waals surface area contributed by atoms with Gasteiger partial charge in [0.15, 0.2) is 9.84 Å². The zero-order chi connectivity index (χ0) is 19.6. The van der Waals surface area contributed by atoms with Crippen molar-refractivity contribution in [3.05, 3.63) is 65.2 Å². The van der Waals surface area contributed by atoms with Crippen molar-refractivity contribution < 1.29 is 13.2 Å². The van der Waals surface area contributed by atoms with Crippen molar-refractivity contribution in [2.75, 3.05) is 13.1 Å². The minimum atomic E-state index is -3.36. The Hall–Kier alpha value is -2.18. The topological polar surface area (TPSA) is 80.5 Å². The van der Waals surface area contributed by atoms with Crippen LogP contribution in [0, 0.1) is 6.92 Å². The van der Waals surface area contributed by atoms with Crippen LogP contribution < -0.4 is 5.73 Å². The molecule has 0 spiro atoms. The summed E-state index contributed by atoms with van der Waals surface area (Å²) in [5.74, 6) is -0.0580. The third-order valence-corrected chi connectivity index (χ3v) is 7.48. The first-order valence-corrected chi connectivity index (χ1v) is 10.8. The van der Waals surface area contributed by atoms with E-state index in [0.717, 1.165) is 11.1 Å². The van der Waals surface area contributed by atoms with E-state index >= 15 is 0 Å². The normalized spacial score (nSPS) is 16.9. The Kier molecular flexibility index (Phi) is 5.67. The van der Waals surface area contributed by atoms with E-state index in [2.05, 4.69) is 0 Å². The quantitative estimate of drug-likeness (QED) is 0.876. The van der Waals surface area contributed by atoms with Gasteiger partial charge in [0.05, 0.1) is 10.1 Å². The first-order valence-electron chi connectivity index (χ1n) is 9.24. The van der Waals surface area contributed by atoms with Gasteiger partial charge in [0.1, 0.15) is 0 Å². The second kappa shape index (κ2) is 7.82. The molecule has 2 aromatic carbocycles. The van der Waals surface area contributed by atoms with E-state index < -0.39 is 15.1 Å². The highest BCUT2D eigenvalue weighted by molar-refractivity contribution is 7.92. The van der Waals surface area contributed by atoms with Crippen LogP contribution in [-0.4, -0.2) is 37.6 Å². The average Bonchev–Trinajstić information content (AvgIpc) is 2.68. The monoisotopic (exact) mass is 386 g/mol. The van der Waals surface area contributed by atoms with Crippen LogP contribution in [-0.2, 0) is 9.84 Å². The molecule has 5 nitrogen and oxygen atoms in total. The maximum absolute atomic E-state index is 12.8. The summed E-state index contributed by atoms with van der Waals surface area (Å²) in [4.78, 5) is 14.8. The highest BCUT2D eigenvalue weighted by Gasteiger charge is 2.32. The molecule has 3 rings (SSSR count). The summed E-state index contributed by atoms with van der Waals surface area (Å²) >= 11 is 0. The number of amides is 1. The number of sulfone groups is 1. The van der Waals surface area contributed by atoms with Gasteiger partial charge in [0.2, 0.25) is 0 Å². The average molecular weight is 387 g/mol. The molecule has 0 aliphatic carbocycles. The molecule has 0 radical (unpaired) electrons. The van der Waals surface area contributed by atoms with Gasteiger partial charge in [-0.2, -0.15) is 0 Å². The van der Waals surface area contributed by atoms with E-state index in [4.69, 9.17) is 5.73 Å². The molecule has 6 heteroatoms. The summed E-state index contributed by atoms with van der Waals surface area (Å²) in [6, 6.07) is 14.2. The van der Waals surface area contributed by atoms with E-state index in [1.807, 2.05) is 38.1 Å². The summed E-state index contributed by atoms with van der Waals surface area (Å²) in [5.41, 5.74) is 8.47. The van der Waals surface area contributed by atoms with Crippen molar-refractivity contribution >= 4 is 15.7 Å². The SMILES string of the molecule is Cc1ccc(S(=O)(=O)C2CCN(C(=O)c3ccc([C@@H](C)N)cc3)CC2)cc1. The molecule has 1 fully saturated rings. The van der Waals surface area contributed by atoms with Crippen LogP contribution in [0.3, 0.4) is 0 Å². The molecular formula is C21H26N2O3S. The molecule has 0 aromatic heterocycles. The third kappa shape index (κ3) is 4.22. The number of piperidine rings is 1. The summed E-state index contributed by atoms with van der Waals surface area (Å²) in [5, 5.41) is -0.440. The minimum absolute atomic E-state index is 0.0580. The highest BCUT2D eigenvalue weighted by Crippen LogP contribution is 2.26. The Balaban J connectivity index is 1.66. The summed E-state index contributed by atoms with van der Waals surface area (Å²) in [7, 11) is -3.36. The van der Waals surface area contributed by atoms with Gasteiger partial charge in [-0.3, -0.25) is 4.79 Å². The van der Waals surface area contributed by atoms with E-state index in [9.17, 15) is 13.2 Å². The van der Waals surface area contributed by atoms with Gasteiger partial charge in [-0.15, -0.1) is 0 Å². The first-order chi connectivity index (χ1) is 12.8. The smallest absolute Gasteiger partial charge is 0.253 e. The molecule has 2 N–H and O–H groups in total. The lowest BCUT2D eigenvalue weighted by atomic mass is 10.0. The van der Waals surface area contributed by atoms with Gasteiger partial charge in [-0.05, 0) is 56.5 Å². The predicted molar refractivity (Wildman–Crippen MR) is 106 cm³/mol. The van der Waals surface area contributed by atoms with Crippen molar-refractivity contribution in [1.82, 2.24) is 4.90 Å². The van der Waals surface area contributed by atoms with Gasteiger partial charge >= 0.3 is 0 Å². The van der Waals surface area contributed by atoms with Gasteiger partial charge in [-0.25, -0.2) is 8.42 Å². The van der Waals surface area contributed by atoms with Crippen molar-refractivity contribution in [3.8, 4) is 0 Å². The molecule has 1 heterocycles. The Labute approximate surface area is 161 Å². The Morgan fingerprint density at radius 2 is 1.59 bits per heavy atom. The second-order valence-corrected chi connectivity index (χ2v) is 9.49. The molecule has 144 valence electrons. The number of aryl methyl sites for hydroxylation is 1. The van der Waals surface area contributed by atoms with Crippen molar-refractivity contribution in [2.24, 2.45) is 5.73 Å².